The summed E-state index contributed by atoms with van der Waals surface area (Å²) in [5.41, 5.74) is 4.37. The van der Waals surface area contributed by atoms with Gasteiger partial charge in [-0.25, -0.2) is 19.5 Å². The molecule has 1 aromatic carbocycles. The van der Waals surface area contributed by atoms with Crippen LogP contribution in [0.5, 0.6) is 0 Å². The number of imide groups is 1. The first kappa shape index (κ1) is 24.3. The molecule has 2 atom stereocenters. The number of ether oxygens (including phenoxy) is 1. The number of aryl methyl sites for hydroxylation is 2. The quantitative estimate of drug-likeness (QED) is 0.345. The van der Waals surface area contributed by atoms with Crippen molar-refractivity contribution in [1.82, 2.24) is 33.8 Å². The van der Waals surface area contributed by atoms with Gasteiger partial charge in [-0.1, -0.05) is 24.3 Å². The van der Waals surface area contributed by atoms with Gasteiger partial charge < -0.3 is 9.72 Å². The van der Waals surface area contributed by atoms with Gasteiger partial charge in [0, 0.05) is 37.9 Å². The van der Waals surface area contributed by atoms with E-state index < -0.39 is 18.1 Å². The van der Waals surface area contributed by atoms with Gasteiger partial charge in [-0.15, -0.1) is 5.10 Å². The van der Waals surface area contributed by atoms with E-state index >= 15 is 4.39 Å². The number of methoxy groups -OCH3 is 1. The van der Waals surface area contributed by atoms with Crippen LogP contribution < -0.4 is 5.69 Å². The van der Waals surface area contributed by atoms with Crippen molar-refractivity contribution in [3.05, 3.63) is 58.7 Å². The Hall–Kier alpha value is -4.74. The van der Waals surface area contributed by atoms with Crippen LogP contribution >= 0.6 is 0 Å². The molecule has 7 rings (SSSR count). The highest BCUT2D eigenvalue weighted by molar-refractivity contribution is 6.14. The fraction of sp³-hybridized carbons (Fsp3) is 0.321. The summed E-state index contributed by atoms with van der Waals surface area (Å²) in [4.78, 5) is 49.3. The smallest absolute Gasteiger partial charge is 0.416 e. The number of hydrogen-bond acceptors (Lipinski definition) is 6. The third-order valence-corrected chi connectivity index (χ3v) is 8.24. The lowest BCUT2D eigenvalue weighted by Gasteiger charge is -2.26. The number of fused-ring (bicyclic) bond motifs is 6. The number of hydrogen-bond donors (Lipinski definition) is 1. The van der Waals surface area contributed by atoms with E-state index in [4.69, 9.17) is 4.74 Å². The Morgan fingerprint density at radius 1 is 1.18 bits per heavy atom. The van der Waals surface area contributed by atoms with Crippen molar-refractivity contribution < 1.29 is 18.7 Å². The summed E-state index contributed by atoms with van der Waals surface area (Å²) in [5, 5.41) is 4.59. The predicted molar refractivity (Wildman–Crippen MR) is 144 cm³/mol. The minimum absolute atomic E-state index is 0.0230. The molecule has 2 amide bonds. The van der Waals surface area contributed by atoms with Crippen LogP contribution in [0.25, 0.3) is 44.5 Å². The van der Waals surface area contributed by atoms with Gasteiger partial charge in [-0.2, -0.15) is 4.39 Å². The molecule has 1 fully saturated rings. The fourth-order valence-electron chi connectivity index (χ4n) is 6.49. The van der Waals surface area contributed by atoms with E-state index in [1.54, 1.807) is 35.6 Å². The minimum atomic E-state index is -0.709. The number of imidazole rings is 1. The van der Waals surface area contributed by atoms with Crippen molar-refractivity contribution in [3.8, 4) is 22.4 Å². The lowest BCUT2D eigenvalue weighted by molar-refractivity contribution is -0.130. The molecule has 5 heterocycles. The first-order chi connectivity index (χ1) is 19.3. The average Bonchev–Trinajstić information content (AvgIpc) is 3.68. The molecule has 0 spiro atoms. The number of rotatable bonds is 1. The Bertz CT molecular complexity index is 1930. The summed E-state index contributed by atoms with van der Waals surface area (Å²) in [6, 6.07) is 6.67. The van der Waals surface area contributed by atoms with Crippen molar-refractivity contribution in [1.29, 1.82) is 0 Å². The van der Waals surface area contributed by atoms with Crippen molar-refractivity contribution in [3.63, 3.8) is 0 Å². The Morgan fingerprint density at radius 3 is 2.73 bits per heavy atom. The van der Waals surface area contributed by atoms with Gasteiger partial charge >= 0.3 is 11.8 Å². The molecule has 4 bridgehead atoms. The van der Waals surface area contributed by atoms with Crippen LogP contribution in [-0.4, -0.2) is 58.9 Å². The number of aromatic nitrogens is 6. The summed E-state index contributed by atoms with van der Waals surface area (Å²) < 4.78 is 24.8. The van der Waals surface area contributed by atoms with Crippen LogP contribution in [0.4, 0.5) is 9.18 Å². The van der Waals surface area contributed by atoms with Crippen LogP contribution in [0.1, 0.15) is 30.9 Å². The van der Waals surface area contributed by atoms with E-state index in [2.05, 4.69) is 15.1 Å². The molecule has 0 radical (unpaired) electrons. The van der Waals surface area contributed by atoms with Crippen LogP contribution in [0.3, 0.4) is 0 Å². The third-order valence-electron chi connectivity index (χ3n) is 8.24. The Balaban J connectivity index is 1.61. The Labute approximate surface area is 226 Å². The summed E-state index contributed by atoms with van der Waals surface area (Å²) in [6.45, 7) is 0. The monoisotopic (exact) mass is 543 g/mol. The number of pyridine rings is 1. The van der Waals surface area contributed by atoms with Crippen LogP contribution in [0.2, 0.25) is 0 Å². The number of nitrogens with zero attached hydrogens (tertiary/aromatic N) is 6. The second kappa shape index (κ2) is 8.63. The molecule has 2 aliphatic rings. The Morgan fingerprint density at radius 2 is 1.98 bits per heavy atom. The van der Waals surface area contributed by atoms with Crippen molar-refractivity contribution in [2.45, 2.75) is 37.8 Å². The normalized spacial score (nSPS) is 18.8. The molecule has 1 aliphatic heterocycles. The lowest BCUT2D eigenvalue weighted by Crippen LogP contribution is -2.44. The molecule has 4 aromatic heterocycles. The second-order valence-corrected chi connectivity index (χ2v) is 10.5. The predicted octanol–water partition coefficient (Wildman–Crippen LogP) is 3.67. The molecule has 1 saturated carbocycles. The van der Waals surface area contributed by atoms with Crippen molar-refractivity contribution in [2.24, 2.45) is 14.1 Å². The molecule has 12 heteroatoms. The number of amides is 2. The van der Waals surface area contributed by atoms with Gasteiger partial charge in [0.1, 0.15) is 5.65 Å². The molecular weight excluding hydrogens is 517 g/mol. The van der Waals surface area contributed by atoms with Gasteiger partial charge in [0.15, 0.2) is 0 Å². The van der Waals surface area contributed by atoms with Crippen molar-refractivity contribution >= 4 is 34.1 Å². The first-order valence-electron chi connectivity index (χ1n) is 13.1. The van der Waals surface area contributed by atoms with Gasteiger partial charge in [-0.05, 0) is 30.4 Å². The van der Waals surface area contributed by atoms with Gasteiger partial charge in [-0.3, -0.25) is 18.6 Å². The maximum atomic E-state index is 15.1. The standard InChI is InChI=1S/C28H26FN7O4/c1-33-13-18(25(29)32-33)23-21-15-6-4-5-14(9-15)10-20(37)35(28(39)40-3)16-7-8-17(11-16)36-24-19(34(2)27(36)38)12-30-26(31-23)22(21)24/h4-6,9,12-13,16-17H,7-8,10-11H2,1-3H3,(H,30,31)/t16-,17-/m1/s1. The van der Waals surface area contributed by atoms with E-state index in [9.17, 15) is 14.4 Å². The summed E-state index contributed by atoms with van der Waals surface area (Å²) in [6.07, 6.45) is 4.04. The molecule has 1 aliphatic carbocycles. The zero-order valence-electron chi connectivity index (χ0n) is 22.1. The van der Waals surface area contributed by atoms with E-state index in [0.717, 1.165) is 0 Å². The fourth-order valence-corrected chi connectivity index (χ4v) is 6.49. The number of halogens is 1. The van der Waals surface area contributed by atoms with Gasteiger partial charge in [0.2, 0.25) is 11.9 Å². The number of carbonyl (C=O) groups is 2. The van der Waals surface area contributed by atoms with E-state index in [-0.39, 0.29) is 29.6 Å². The minimum Gasteiger partial charge on any atom is -0.452 e. The molecule has 204 valence electrons. The second-order valence-electron chi connectivity index (χ2n) is 10.5. The number of carbonyl (C=O) groups excluding carboxylic acids is 2. The van der Waals surface area contributed by atoms with Crippen LogP contribution in [-0.2, 0) is 30.0 Å². The number of benzene rings is 1. The zero-order chi connectivity index (χ0) is 27.9. The number of aromatic amines is 1. The molecular formula is C28H26FN7O4. The van der Waals surface area contributed by atoms with E-state index in [0.29, 0.717) is 63.7 Å². The maximum absolute atomic E-state index is 15.1. The SMILES string of the molecule is COC(=O)N1C(=O)Cc2cccc(c2)-c2c(-c3cn(C)nc3F)[nH]c3ncc4c(c23)n(c(=O)n4C)[C@@H]2CC[C@@H]1C2. The van der Waals surface area contributed by atoms with Gasteiger partial charge in [0.05, 0.1) is 47.4 Å². The first-order valence-corrected chi connectivity index (χ1v) is 13.1. The Kier molecular flexibility index (Phi) is 5.25. The molecule has 1 N–H and O–H groups in total. The third kappa shape index (κ3) is 3.38. The lowest BCUT2D eigenvalue weighted by atomic mass is 9.97. The topological polar surface area (TPSA) is 120 Å². The average molecular weight is 544 g/mol. The molecule has 0 unspecified atom stereocenters. The zero-order valence-corrected chi connectivity index (χ0v) is 22.1. The summed E-state index contributed by atoms with van der Waals surface area (Å²) in [5.74, 6) is -1.02. The highest BCUT2D eigenvalue weighted by Gasteiger charge is 2.39. The highest BCUT2D eigenvalue weighted by atomic mass is 19.1. The van der Waals surface area contributed by atoms with E-state index in [1.807, 2.05) is 24.3 Å². The van der Waals surface area contributed by atoms with Crippen LogP contribution in [0.15, 0.2) is 41.5 Å². The molecule has 40 heavy (non-hydrogen) atoms. The molecule has 11 nitrogen and oxygen atoms in total. The number of H-pyrrole nitrogens is 1. The van der Waals surface area contributed by atoms with Crippen molar-refractivity contribution in [2.75, 3.05) is 7.11 Å². The summed E-state index contributed by atoms with van der Waals surface area (Å²) in [7, 11) is 4.60. The van der Waals surface area contributed by atoms with Gasteiger partial charge in [0.25, 0.3) is 0 Å². The van der Waals surface area contributed by atoms with Crippen LogP contribution in [0, 0.1) is 5.95 Å². The summed E-state index contributed by atoms with van der Waals surface area (Å²) >= 11 is 0. The highest BCUT2D eigenvalue weighted by Crippen LogP contribution is 2.44. The largest absolute Gasteiger partial charge is 0.452 e. The molecule has 0 saturated heterocycles. The molecule has 5 aromatic rings. The maximum Gasteiger partial charge on any atom is 0.416 e. The number of nitrogens with one attached hydrogen (secondary N) is 1. The van der Waals surface area contributed by atoms with E-state index in [1.165, 1.54) is 16.7 Å².